The van der Waals surface area contributed by atoms with E-state index in [0.29, 0.717) is 10.7 Å². The van der Waals surface area contributed by atoms with Gasteiger partial charge in [-0.2, -0.15) is 5.11 Å². The Bertz CT molecular complexity index is 871. The summed E-state index contributed by atoms with van der Waals surface area (Å²) in [5.74, 6) is -1.53. The summed E-state index contributed by atoms with van der Waals surface area (Å²) >= 11 is 5.86. The SMILES string of the molecule is O=C1[C@@H]2[C@@H](N=NN2c2ccc(Cl)cc2)C(=O)N1c1cccc(F)c1. The van der Waals surface area contributed by atoms with Crippen LogP contribution in [0.4, 0.5) is 15.8 Å². The molecule has 0 radical (unpaired) electrons. The van der Waals surface area contributed by atoms with Gasteiger partial charge in [-0.3, -0.25) is 9.59 Å². The highest BCUT2D eigenvalue weighted by Crippen LogP contribution is 2.35. The Balaban J connectivity index is 1.70. The summed E-state index contributed by atoms with van der Waals surface area (Å²) in [6.07, 6.45) is 0. The van der Waals surface area contributed by atoms with Crippen molar-refractivity contribution in [1.82, 2.24) is 0 Å². The Morgan fingerprint density at radius 1 is 1.00 bits per heavy atom. The molecule has 1 fully saturated rings. The molecular weight excluding hydrogens is 335 g/mol. The average molecular weight is 345 g/mol. The van der Waals surface area contributed by atoms with E-state index in [9.17, 15) is 14.0 Å². The summed E-state index contributed by atoms with van der Waals surface area (Å²) in [5.41, 5.74) is 0.781. The van der Waals surface area contributed by atoms with E-state index in [0.717, 1.165) is 11.0 Å². The highest BCUT2D eigenvalue weighted by Gasteiger charge is 2.55. The Morgan fingerprint density at radius 2 is 1.75 bits per heavy atom. The van der Waals surface area contributed by atoms with Crippen LogP contribution in [0.3, 0.4) is 0 Å². The van der Waals surface area contributed by atoms with E-state index >= 15 is 0 Å². The van der Waals surface area contributed by atoms with Gasteiger partial charge in [0.2, 0.25) is 0 Å². The standard InChI is InChI=1S/C16H10ClFN4O2/c17-9-4-6-11(7-5-9)22-14-13(19-20-22)15(23)21(16(14)24)12-3-1-2-10(18)8-12/h1-8,13-14H/t13-,14+/m1/s1. The van der Waals surface area contributed by atoms with Crippen molar-refractivity contribution < 1.29 is 14.0 Å². The number of carbonyl (C=O) groups excluding carboxylic acids is 2. The van der Waals surface area contributed by atoms with Gasteiger partial charge in [-0.05, 0) is 42.5 Å². The Morgan fingerprint density at radius 3 is 2.46 bits per heavy atom. The van der Waals surface area contributed by atoms with Gasteiger partial charge in [-0.15, -0.1) is 0 Å². The maximum Gasteiger partial charge on any atom is 0.263 e. The van der Waals surface area contributed by atoms with E-state index < -0.39 is 29.7 Å². The average Bonchev–Trinajstić information content (AvgIpc) is 3.09. The van der Waals surface area contributed by atoms with Crippen molar-refractivity contribution >= 4 is 34.8 Å². The molecule has 2 aromatic rings. The number of rotatable bonds is 2. The van der Waals surface area contributed by atoms with Crippen molar-refractivity contribution in [2.75, 3.05) is 9.91 Å². The number of benzene rings is 2. The minimum Gasteiger partial charge on any atom is -0.271 e. The molecule has 120 valence electrons. The first-order valence-corrected chi connectivity index (χ1v) is 7.53. The molecule has 0 saturated carbocycles. The quantitative estimate of drug-likeness (QED) is 0.787. The van der Waals surface area contributed by atoms with Crippen LogP contribution < -0.4 is 9.91 Å². The summed E-state index contributed by atoms with van der Waals surface area (Å²) in [5, 5.41) is 9.79. The van der Waals surface area contributed by atoms with Crippen LogP contribution in [0.2, 0.25) is 5.02 Å². The van der Waals surface area contributed by atoms with Gasteiger partial charge in [0.05, 0.1) is 11.4 Å². The lowest BCUT2D eigenvalue weighted by Gasteiger charge is -2.20. The number of amides is 2. The number of hydrogen-bond acceptors (Lipinski definition) is 5. The van der Waals surface area contributed by atoms with Gasteiger partial charge in [0.25, 0.3) is 11.8 Å². The van der Waals surface area contributed by atoms with Crippen molar-refractivity contribution in [3.63, 3.8) is 0 Å². The second-order valence-electron chi connectivity index (χ2n) is 5.41. The number of hydrogen-bond donors (Lipinski definition) is 0. The molecule has 8 heteroatoms. The molecule has 2 atom stereocenters. The van der Waals surface area contributed by atoms with Crippen LogP contribution in [-0.2, 0) is 9.59 Å². The molecule has 0 bridgehead atoms. The molecule has 0 unspecified atom stereocenters. The molecule has 2 amide bonds. The molecule has 1 saturated heterocycles. The van der Waals surface area contributed by atoms with Gasteiger partial charge in [-0.25, -0.2) is 14.3 Å². The lowest BCUT2D eigenvalue weighted by atomic mass is 10.1. The topological polar surface area (TPSA) is 65.3 Å². The highest BCUT2D eigenvalue weighted by atomic mass is 35.5. The first-order chi connectivity index (χ1) is 11.6. The lowest BCUT2D eigenvalue weighted by Crippen LogP contribution is -2.39. The number of imide groups is 1. The number of halogens is 2. The second-order valence-corrected chi connectivity index (χ2v) is 5.84. The molecule has 24 heavy (non-hydrogen) atoms. The molecule has 2 heterocycles. The summed E-state index contributed by atoms with van der Waals surface area (Å²) in [7, 11) is 0. The minimum absolute atomic E-state index is 0.186. The third kappa shape index (κ3) is 2.16. The second kappa shape index (κ2) is 5.38. The van der Waals surface area contributed by atoms with Gasteiger partial charge in [0, 0.05) is 5.02 Å². The first-order valence-electron chi connectivity index (χ1n) is 7.15. The molecule has 2 aliphatic rings. The van der Waals surface area contributed by atoms with Gasteiger partial charge in [-0.1, -0.05) is 22.9 Å². The normalized spacial score (nSPS) is 22.4. The maximum absolute atomic E-state index is 13.4. The van der Waals surface area contributed by atoms with Gasteiger partial charge in [0.1, 0.15) is 5.82 Å². The zero-order chi connectivity index (χ0) is 16.8. The van der Waals surface area contributed by atoms with Crippen molar-refractivity contribution in [2.24, 2.45) is 10.3 Å². The third-order valence-electron chi connectivity index (χ3n) is 3.94. The molecule has 6 nitrogen and oxygen atoms in total. The fraction of sp³-hybridized carbons (Fsp3) is 0.125. The number of nitrogens with zero attached hydrogens (tertiary/aromatic N) is 4. The Hall–Kier alpha value is -2.80. The number of fused-ring (bicyclic) bond motifs is 1. The summed E-state index contributed by atoms with van der Waals surface area (Å²) < 4.78 is 13.4. The van der Waals surface area contributed by atoms with Gasteiger partial charge < -0.3 is 0 Å². The molecular formula is C16H10ClFN4O2. The minimum atomic E-state index is -0.934. The van der Waals surface area contributed by atoms with Gasteiger partial charge >= 0.3 is 0 Å². The van der Waals surface area contributed by atoms with Crippen molar-refractivity contribution in [2.45, 2.75) is 12.1 Å². The zero-order valence-corrected chi connectivity index (χ0v) is 12.9. The monoisotopic (exact) mass is 344 g/mol. The predicted octanol–water partition coefficient (Wildman–Crippen LogP) is 2.98. The van der Waals surface area contributed by atoms with E-state index in [2.05, 4.69) is 10.3 Å². The van der Waals surface area contributed by atoms with Crippen molar-refractivity contribution in [3.8, 4) is 0 Å². The smallest absolute Gasteiger partial charge is 0.263 e. The molecule has 2 aliphatic heterocycles. The fourth-order valence-electron chi connectivity index (χ4n) is 2.84. The van der Waals surface area contributed by atoms with E-state index in [1.165, 1.54) is 23.2 Å². The van der Waals surface area contributed by atoms with Crippen molar-refractivity contribution in [1.29, 1.82) is 0 Å². The molecule has 2 aromatic carbocycles. The van der Waals surface area contributed by atoms with Crippen LogP contribution in [0.15, 0.2) is 58.9 Å². The molecule has 0 spiro atoms. The fourth-order valence-corrected chi connectivity index (χ4v) is 2.96. The van der Waals surface area contributed by atoms with E-state index in [1.807, 2.05) is 0 Å². The largest absolute Gasteiger partial charge is 0.271 e. The van der Waals surface area contributed by atoms with Crippen LogP contribution in [0, 0.1) is 5.82 Å². The molecule has 4 rings (SSSR count). The lowest BCUT2D eigenvalue weighted by molar-refractivity contribution is -0.121. The van der Waals surface area contributed by atoms with Gasteiger partial charge in [0.15, 0.2) is 12.1 Å². The zero-order valence-electron chi connectivity index (χ0n) is 12.1. The number of anilines is 2. The highest BCUT2D eigenvalue weighted by molar-refractivity contribution is 6.30. The number of carbonyl (C=O) groups is 2. The van der Waals surface area contributed by atoms with Crippen LogP contribution in [0.5, 0.6) is 0 Å². The predicted molar refractivity (Wildman–Crippen MR) is 85.3 cm³/mol. The third-order valence-corrected chi connectivity index (χ3v) is 4.19. The summed E-state index contributed by atoms with van der Waals surface area (Å²) in [4.78, 5) is 26.2. The first kappa shape index (κ1) is 14.8. The summed E-state index contributed by atoms with van der Waals surface area (Å²) in [6.45, 7) is 0. The van der Waals surface area contributed by atoms with Crippen LogP contribution in [0.1, 0.15) is 0 Å². The van der Waals surface area contributed by atoms with Crippen molar-refractivity contribution in [3.05, 3.63) is 59.4 Å². The van der Waals surface area contributed by atoms with Crippen LogP contribution in [0.25, 0.3) is 0 Å². The molecule has 0 aromatic heterocycles. The maximum atomic E-state index is 13.4. The van der Waals surface area contributed by atoms with E-state index in [1.54, 1.807) is 24.3 Å². The molecule has 0 N–H and O–H groups in total. The molecule has 0 aliphatic carbocycles. The Labute approximate surface area is 141 Å². The summed E-state index contributed by atoms with van der Waals surface area (Å²) in [6, 6.07) is 10.2. The van der Waals surface area contributed by atoms with E-state index in [-0.39, 0.29) is 5.69 Å². The van der Waals surface area contributed by atoms with Crippen LogP contribution >= 0.6 is 11.6 Å². The van der Waals surface area contributed by atoms with Crippen LogP contribution in [-0.4, -0.2) is 23.9 Å². The van der Waals surface area contributed by atoms with E-state index in [4.69, 9.17) is 11.6 Å². The Kier molecular flexibility index (Phi) is 3.31.